The number of likely N-dealkylation sites (tertiary alicyclic amines) is 1. The van der Waals surface area contributed by atoms with Crippen molar-refractivity contribution in [1.82, 2.24) is 20.2 Å². The van der Waals surface area contributed by atoms with E-state index in [4.69, 9.17) is 9.72 Å². The van der Waals surface area contributed by atoms with Gasteiger partial charge in [0.1, 0.15) is 11.4 Å². The number of nitrogens with zero attached hydrogens (tertiary/aromatic N) is 5. The fourth-order valence-corrected chi connectivity index (χ4v) is 6.19. The van der Waals surface area contributed by atoms with E-state index in [1.807, 2.05) is 13.8 Å². The van der Waals surface area contributed by atoms with Gasteiger partial charge < -0.3 is 30.1 Å². The second-order valence-electron chi connectivity index (χ2n) is 12.0. The maximum Gasteiger partial charge on any atom is 0.251 e. The molecule has 0 atom stereocenters. The molecule has 2 N–H and O–H groups in total. The Morgan fingerprint density at radius 1 is 1.10 bits per heavy atom. The summed E-state index contributed by atoms with van der Waals surface area (Å²) in [4.78, 5) is 53.1. The zero-order valence-electron chi connectivity index (χ0n) is 24.7. The summed E-state index contributed by atoms with van der Waals surface area (Å²) >= 11 is 0. The smallest absolute Gasteiger partial charge is 0.251 e. The van der Waals surface area contributed by atoms with Crippen LogP contribution >= 0.6 is 0 Å². The number of piperidine rings is 1. The standard InChI is InChI=1S/C30H41N7O4/c1-19(38)36-14-12-21(13-15-36)32-27(39)20-10-11-23(25(16-20)41-5)33-29-31-17-24-26(34-29)37(22-8-6-7-9-22)18-30(2,3)28(40)35(24)4/h10-11,16-17,21-22H,6-9,12-15,18H2,1-5H3,(H,32,39)(H,31,33,34). The molecule has 41 heavy (non-hydrogen) atoms. The molecule has 1 aromatic carbocycles. The first kappa shape index (κ1) is 28.6. The zero-order chi connectivity index (χ0) is 29.3. The lowest BCUT2D eigenvalue weighted by Crippen LogP contribution is -2.46. The summed E-state index contributed by atoms with van der Waals surface area (Å²) in [7, 11) is 3.35. The predicted molar refractivity (Wildman–Crippen MR) is 158 cm³/mol. The van der Waals surface area contributed by atoms with Gasteiger partial charge in [-0.15, -0.1) is 0 Å². The third-order valence-corrected chi connectivity index (χ3v) is 8.58. The highest BCUT2D eigenvalue weighted by Gasteiger charge is 2.41. The second kappa shape index (κ2) is 11.5. The molecule has 1 aromatic heterocycles. The lowest BCUT2D eigenvalue weighted by molar-refractivity contribution is -0.130. The molecule has 2 fully saturated rings. The van der Waals surface area contributed by atoms with Crippen molar-refractivity contribution in [2.75, 3.05) is 48.9 Å². The molecule has 1 saturated carbocycles. The Kier molecular flexibility index (Phi) is 8.06. The second-order valence-corrected chi connectivity index (χ2v) is 12.0. The van der Waals surface area contributed by atoms with Crippen LogP contribution in [0, 0.1) is 5.41 Å². The Labute approximate surface area is 241 Å². The van der Waals surface area contributed by atoms with Crippen LogP contribution in [0.15, 0.2) is 24.4 Å². The number of hydrogen-bond acceptors (Lipinski definition) is 8. The highest BCUT2D eigenvalue weighted by molar-refractivity contribution is 6.01. The number of rotatable bonds is 6. The third-order valence-electron chi connectivity index (χ3n) is 8.58. The number of carbonyl (C=O) groups excluding carboxylic acids is 3. The van der Waals surface area contributed by atoms with E-state index in [-0.39, 0.29) is 23.8 Å². The number of benzene rings is 1. The fraction of sp³-hybridized carbons (Fsp3) is 0.567. The first-order valence-electron chi connectivity index (χ1n) is 14.5. The molecule has 0 radical (unpaired) electrons. The molecule has 11 heteroatoms. The SMILES string of the molecule is COc1cc(C(=O)NC2CCN(C(C)=O)CC2)ccc1Nc1ncc2c(n1)N(C1CCCC1)CC(C)(C)C(=O)N2C. The number of methoxy groups -OCH3 is 1. The Morgan fingerprint density at radius 3 is 2.46 bits per heavy atom. The molecule has 5 rings (SSSR count). The van der Waals surface area contributed by atoms with Crippen LogP contribution in [0.5, 0.6) is 5.75 Å². The highest BCUT2D eigenvalue weighted by atomic mass is 16.5. The van der Waals surface area contributed by atoms with Gasteiger partial charge in [-0.2, -0.15) is 4.98 Å². The van der Waals surface area contributed by atoms with Gasteiger partial charge in [0.2, 0.25) is 17.8 Å². The third kappa shape index (κ3) is 5.94. The molecule has 3 aliphatic rings. The number of carbonyl (C=O) groups is 3. The minimum Gasteiger partial charge on any atom is -0.495 e. The Morgan fingerprint density at radius 2 is 1.80 bits per heavy atom. The van der Waals surface area contributed by atoms with Crippen LogP contribution < -0.4 is 25.2 Å². The van der Waals surface area contributed by atoms with Crippen LogP contribution in [0.2, 0.25) is 0 Å². The topological polar surface area (TPSA) is 120 Å². The van der Waals surface area contributed by atoms with Gasteiger partial charge >= 0.3 is 0 Å². The van der Waals surface area contributed by atoms with Gasteiger partial charge in [-0.3, -0.25) is 14.4 Å². The molecule has 0 unspecified atom stereocenters. The predicted octanol–water partition coefficient (Wildman–Crippen LogP) is 3.72. The molecular formula is C30H41N7O4. The summed E-state index contributed by atoms with van der Waals surface area (Å²) in [5.41, 5.74) is 1.25. The summed E-state index contributed by atoms with van der Waals surface area (Å²) < 4.78 is 5.63. The van der Waals surface area contributed by atoms with Crippen molar-refractivity contribution in [2.24, 2.45) is 5.41 Å². The summed E-state index contributed by atoms with van der Waals surface area (Å²) in [5, 5.41) is 6.35. The molecule has 3 heterocycles. The average Bonchev–Trinajstić information content (AvgIpc) is 3.48. The van der Waals surface area contributed by atoms with Gasteiger partial charge in [0.25, 0.3) is 5.91 Å². The van der Waals surface area contributed by atoms with Crippen LogP contribution in [-0.4, -0.2) is 78.5 Å². The summed E-state index contributed by atoms with van der Waals surface area (Å²) in [6, 6.07) is 5.58. The normalized spacial score (nSPS) is 19.5. The number of ether oxygens (including phenoxy) is 1. The molecule has 220 valence electrons. The molecule has 1 aliphatic carbocycles. The first-order chi connectivity index (χ1) is 19.6. The minimum absolute atomic E-state index is 0.0210. The molecule has 0 spiro atoms. The number of aromatic nitrogens is 2. The molecule has 1 saturated heterocycles. The summed E-state index contributed by atoms with van der Waals surface area (Å²) in [5.74, 6) is 1.56. The van der Waals surface area contributed by atoms with Crippen LogP contribution in [0.25, 0.3) is 0 Å². The average molecular weight is 564 g/mol. The maximum atomic E-state index is 13.3. The molecule has 2 aromatic rings. The van der Waals surface area contributed by atoms with E-state index in [9.17, 15) is 14.4 Å². The van der Waals surface area contributed by atoms with Crippen LogP contribution in [0.3, 0.4) is 0 Å². The van der Waals surface area contributed by atoms with Crippen LogP contribution in [0.1, 0.15) is 69.7 Å². The lowest BCUT2D eigenvalue weighted by atomic mass is 9.91. The van der Waals surface area contributed by atoms with Gasteiger partial charge in [-0.05, 0) is 57.7 Å². The largest absolute Gasteiger partial charge is 0.495 e. The number of anilines is 4. The molecule has 2 aliphatic heterocycles. The first-order valence-corrected chi connectivity index (χ1v) is 14.5. The van der Waals surface area contributed by atoms with Crippen molar-refractivity contribution in [1.29, 1.82) is 0 Å². The molecule has 0 bridgehead atoms. The van der Waals surface area contributed by atoms with Gasteiger partial charge in [-0.1, -0.05) is 12.8 Å². The molecule has 3 amide bonds. The van der Waals surface area contributed by atoms with E-state index in [0.717, 1.165) is 31.5 Å². The summed E-state index contributed by atoms with van der Waals surface area (Å²) in [6.45, 7) is 7.43. The Balaban J connectivity index is 1.35. The summed E-state index contributed by atoms with van der Waals surface area (Å²) in [6.07, 6.45) is 7.66. The monoisotopic (exact) mass is 563 g/mol. The van der Waals surface area contributed by atoms with Gasteiger partial charge in [-0.25, -0.2) is 4.98 Å². The van der Waals surface area contributed by atoms with E-state index >= 15 is 0 Å². The minimum atomic E-state index is -0.560. The fourth-order valence-electron chi connectivity index (χ4n) is 6.19. The lowest BCUT2D eigenvalue weighted by Gasteiger charge is -2.34. The van der Waals surface area contributed by atoms with Crippen molar-refractivity contribution in [3.8, 4) is 5.75 Å². The van der Waals surface area contributed by atoms with Crippen molar-refractivity contribution in [3.63, 3.8) is 0 Å². The number of amides is 3. The van der Waals surface area contributed by atoms with E-state index in [2.05, 4.69) is 20.5 Å². The Hall–Kier alpha value is -3.89. The van der Waals surface area contributed by atoms with Crippen molar-refractivity contribution < 1.29 is 19.1 Å². The maximum absolute atomic E-state index is 13.3. The van der Waals surface area contributed by atoms with E-state index in [1.165, 1.54) is 12.8 Å². The van der Waals surface area contributed by atoms with Gasteiger partial charge in [0, 0.05) is 51.3 Å². The van der Waals surface area contributed by atoms with Crippen molar-refractivity contribution in [2.45, 2.75) is 71.4 Å². The highest BCUT2D eigenvalue weighted by Crippen LogP contribution is 2.40. The van der Waals surface area contributed by atoms with E-state index in [1.54, 1.807) is 55.3 Å². The quantitative estimate of drug-likeness (QED) is 0.546. The molecular weight excluding hydrogens is 522 g/mol. The van der Waals surface area contributed by atoms with Gasteiger partial charge in [0.15, 0.2) is 5.82 Å². The number of nitrogens with one attached hydrogen (secondary N) is 2. The van der Waals surface area contributed by atoms with E-state index in [0.29, 0.717) is 54.3 Å². The van der Waals surface area contributed by atoms with Crippen LogP contribution in [0.4, 0.5) is 23.1 Å². The zero-order valence-corrected chi connectivity index (χ0v) is 24.7. The van der Waals surface area contributed by atoms with Crippen molar-refractivity contribution >= 4 is 40.9 Å². The Bertz CT molecular complexity index is 1320. The van der Waals surface area contributed by atoms with E-state index < -0.39 is 5.41 Å². The van der Waals surface area contributed by atoms with Gasteiger partial charge in [0.05, 0.1) is 24.4 Å². The van der Waals surface area contributed by atoms with Crippen molar-refractivity contribution in [3.05, 3.63) is 30.0 Å². The van der Waals surface area contributed by atoms with Crippen LogP contribution in [-0.2, 0) is 9.59 Å². The molecule has 11 nitrogen and oxygen atoms in total. The number of fused-ring (bicyclic) bond motifs is 1. The number of hydrogen-bond donors (Lipinski definition) is 2.